The van der Waals surface area contributed by atoms with Crippen LogP contribution >= 0.6 is 0 Å². The Kier molecular flexibility index (Phi) is 4.36. The molecular weight excluding hydrogens is 294 g/mol. The lowest BCUT2D eigenvalue weighted by Crippen LogP contribution is -2.45. The molecule has 0 bridgehead atoms. The number of hydrogen-bond donors (Lipinski definition) is 2. The van der Waals surface area contributed by atoms with E-state index in [-0.39, 0.29) is 28.5 Å². The summed E-state index contributed by atoms with van der Waals surface area (Å²) in [5.41, 5.74) is 0.195. The minimum Gasteiger partial charge on any atom is -0.478 e. The van der Waals surface area contributed by atoms with Gasteiger partial charge in [0.05, 0.1) is 16.6 Å². The Morgan fingerprint density at radius 1 is 1.38 bits per heavy atom. The van der Waals surface area contributed by atoms with E-state index in [0.717, 1.165) is 0 Å². The standard InChI is InChI=1S/C14H19NO5S/c1-9-6-7-15(8-12(9)16)21(19,20)13-5-3-4-11(10(13)2)14(17)18/h3-5,9,12,16H,6-8H2,1-2H3,(H,17,18). The normalized spacial score (nSPS) is 24.0. The number of nitrogens with zero attached hydrogens (tertiary/aromatic N) is 1. The molecule has 2 N–H and O–H groups in total. The SMILES string of the molecule is Cc1c(C(=O)O)cccc1S(=O)(=O)N1CCC(C)C(O)C1. The molecule has 0 saturated carbocycles. The summed E-state index contributed by atoms with van der Waals surface area (Å²) in [5.74, 6) is -1.10. The Balaban J connectivity index is 2.41. The van der Waals surface area contributed by atoms with Gasteiger partial charge >= 0.3 is 5.97 Å². The summed E-state index contributed by atoms with van der Waals surface area (Å²) in [7, 11) is -3.80. The summed E-state index contributed by atoms with van der Waals surface area (Å²) in [6, 6.07) is 4.21. The van der Waals surface area contributed by atoms with Gasteiger partial charge in [-0.3, -0.25) is 0 Å². The summed E-state index contributed by atoms with van der Waals surface area (Å²) in [6.07, 6.45) is -0.116. The van der Waals surface area contributed by atoms with Crippen LogP contribution in [-0.2, 0) is 10.0 Å². The lowest BCUT2D eigenvalue weighted by atomic mass is 9.98. The average Bonchev–Trinajstić information content (AvgIpc) is 2.41. The van der Waals surface area contributed by atoms with E-state index < -0.39 is 22.1 Å². The smallest absolute Gasteiger partial charge is 0.335 e. The molecule has 21 heavy (non-hydrogen) atoms. The second-order valence-corrected chi connectivity index (χ2v) is 7.34. The molecule has 1 heterocycles. The molecule has 1 aliphatic rings. The number of carbonyl (C=O) groups is 1. The zero-order valence-corrected chi connectivity index (χ0v) is 12.8. The molecule has 0 radical (unpaired) electrons. The van der Waals surface area contributed by atoms with Crippen LogP contribution in [0.5, 0.6) is 0 Å². The van der Waals surface area contributed by atoms with Gasteiger partial charge in [-0.15, -0.1) is 0 Å². The predicted octanol–water partition coefficient (Wildman–Crippen LogP) is 1.08. The molecule has 1 aromatic carbocycles. The van der Waals surface area contributed by atoms with Gasteiger partial charge in [-0.25, -0.2) is 13.2 Å². The van der Waals surface area contributed by atoms with Crippen LogP contribution in [0.25, 0.3) is 0 Å². The van der Waals surface area contributed by atoms with Gasteiger partial charge in [0, 0.05) is 13.1 Å². The largest absolute Gasteiger partial charge is 0.478 e. The first-order chi connectivity index (χ1) is 9.75. The lowest BCUT2D eigenvalue weighted by molar-refractivity contribution is 0.0604. The molecule has 2 atom stereocenters. The van der Waals surface area contributed by atoms with E-state index in [1.165, 1.54) is 29.4 Å². The zero-order valence-electron chi connectivity index (χ0n) is 12.0. The second-order valence-electron chi connectivity index (χ2n) is 5.43. The maximum atomic E-state index is 12.7. The van der Waals surface area contributed by atoms with E-state index in [1.54, 1.807) is 0 Å². The molecule has 116 valence electrons. The summed E-state index contributed by atoms with van der Waals surface area (Å²) in [6.45, 7) is 3.74. The zero-order chi connectivity index (χ0) is 15.8. The van der Waals surface area contributed by atoms with Crippen LogP contribution in [-0.4, -0.2) is 48.1 Å². The third kappa shape index (κ3) is 2.95. The molecule has 0 spiro atoms. The predicted molar refractivity (Wildman–Crippen MR) is 76.7 cm³/mol. The number of aliphatic hydroxyl groups is 1. The van der Waals surface area contributed by atoms with Crippen LogP contribution in [0.1, 0.15) is 29.3 Å². The van der Waals surface area contributed by atoms with Crippen molar-refractivity contribution >= 4 is 16.0 Å². The number of benzene rings is 1. The van der Waals surface area contributed by atoms with Crippen LogP contribution in [0, 0.1) is 12.8 Å². The number of carboxylic acid groups (broad SMARTS) is 1. The Morgan fingerprint density at radius 2 is 2.05 bits per heavy atom. The van der Waals surface area contributed by atoms with Crippen molar-refractivity contribution in [1.82, 2.24) is 4.31 Å². The van der Waals surface area contributed by atoms with Gasteiger partial charge in [0.25, 0.3) is 0 Å². The fourth-order valence-electron chi connectivity index (χ4n) is 2.50. The minimum absolute atomic E-state index is 0.0100. The van der Waals surface area contributed by atoms with Crippen molar-refractivity contribution in [3.8, 4) is 0 Å². The molecule has 2 rings (SSSR count). The van der Waals surface area contributed by atoms with E-state index >= 15 is 0 Å². The quantitative estimate of drug-likeness (QED) is 0.871. The van der Waals surface area contributed by atoms with Crippen LogP contribution in [0.4, 0.5) is 0 Å². The maximum Gasteiger partial charge on any atom is 0.335 e. The lowest BCUT2D eigenvalue weighted by Gasteiger charge is -2.33. The van der Waals surface area contributed by atoms with Crippen molar-refractivity contribution in [2.45, 2.75) is 31.3 Å². The van der Waals surface area contributed by atoms with E-state index in [2.05, 4.69) is 0 Å². The molecule has 0 aromatic heterocycles. The van der Waals surface area contributed by atoms with Gasteiger partial charge in [0.15, 0.2) is 0 Å². The molecule has 0 aliphatic carbocycles. The Morgan fingerprint density at radius 3 is 2.62 bits per heavy atom. The number of aromatic carboxylic acids is 1. The van der Waals surface area contributed by atoms with Crippen molar-refractivity contribution in [1.29, 1.82) is 0 Å². The molecule has 0 amide bonds. The average molecular weight is 313 g/mol. The number of piperidine rings is 1. The highest BCUT2D eigenvalue weighted by molar-refractivity contribution is 7.89. The van der Waals surface area contributed by atoms with Gasteiger partial charge in [0.1, 0.15) is 0 Å². The third-order valence-corrected chi connectivity index (χ3v) is 6.02. The number of rotatable bonds is 3. The van der Waals surface area contributed by atoms with Crippen molar-refractivity contribution in [3.05, 3.63) is 29.3 Å². The van der Waals surface area contributed by atoms with Gasteiger partial charge < -0.3 is 10.2 Å². The molecule has 1 saturated heterocycles. The van der Waals surface area contributed by atoms with Crippen molar-refractivity contribution in [2.24, 2.45) is 5.92 Å². The van der Waals surface area contributed by atoms with Crippen molar-refractivity contribution < 1.29 is 23.4 Å². The van der Waals surface area contributed by atoms with Crippen LogP contribution < -0.4 is 0 Å². The number of carboxylic acids is 1. The van der Waals surface area contributed by atoms with E-state index in [9.17, 15) is 18.3 Å². The Hall–Kier alpha value is -1.44. The molecule has 2 unspecified atom stereocenters. The fourth-order valence-corrected chi connectivity index (χ4v) is 4.22. The Labute approximate surface area is 124 Å². The molecule has 1 aliphatic heterocycles. The third-order valence-electron chi connectivity index (χ3n) is 4.01. The van der Waals surface area contributed by atoms with Crippen LogP contribution in [0.2, 0.25) is 0 Å². The number of hydrogen-bond acceptors (Lipinski definition) is 4. The number of β-amino-alcohol motifs (C(OH)–C–C–N with tert-alkyl or cyclic N) is 1. The highest BCUT2D eigenvalue weighted by atomic mass is 32.2. The van der Waals surface area contributed by atoms with Crippen molar-refractivity contribution in [3.63, 3.8) is 0 Å². The number of sulfonamides is 1. The minimum atomic E-state index is -3.80. The van der Waals surface area contributed by atoms with Gasteiger partial charge in [-0.2, -0.15) is 4.31 Å². The van der Waals surface area contributed by atoms with Crippen LogP contribution in [0.3, 0.4) is 0 Å². The molecule has 7 heteroatoms. The summed E-state index contributed by atoms with van der Waals surface area (Å²) >= 11 is 0. The topological polar surface area (TPSA) is 94.9 Å². The second kappa shape index (κ2) is 5.75. The van der Waals surface area contributed by atoms with Gasteiger partial charge in [-0.05, 0) is 37.0 Å². The molecule has 1 aromatic rings. The van der Waals surface area contributed by atoms with Crippen LogP contribution in [0.15, 0.2) is 23.1 Å². The first kappa shape index (κ1) is 15.9. The summed E-state index contributed by atoms with van der Waals surface area (Å²) in [4.78, 5) is 11.1. The number of aliphatic hydroxyl groups excluding tert-OH is 1. The van der Waals surface area contributed by atoms with Gasteiger partial charge in [-0.1, -0.05) is 13.0 Å². The summed E-state index contributed by atoms with van der Waals surface area (Å²) in [5, 5.41) is 19.0. The maximum absolute atomic E-state index is 12.7. The fraction of sp³-hybridized carbons (Fsp3) is 0.500. The molecule has 6 nitrogen and oxygen atoms in total. The Bertz CT molecular complexity index is 655. The van der Waals surface area contributed by atoms with E-state index in [1.807, 2.05) is 6.92 Å². The summed E-state index contributed by atoms with van der Waals surface area (Å²) < 4.78 is 26.5. The first-order valence-electron chi connectivity index (χ1n) is 6.76. The molecule has 1 fully saturated rings. The highest BCUT2D eigenvalue weighted by Gasteiger charge is 2.34. The van der Waals surface area contributed by atoms with Gasteiger partial charge in [0.2, 0.25) is 10.0 Å². The van der Waals surface area contributed by atoms with Crippen molar-refractivity contribution in [2.75, 3.05) is 13.1 Å². The van der Waals surface area contributed by atoms with E-state index in [4.69, 9.17) is 5.11 Å². The highest BCUT2D eigenvalue weighted by Crippen LogP contribution is 2.27. The van der Waals surface area contributed by atoms with E-state index in [0.29, 0.717) is 13.0 Å². The first-order valence-corrected chi connectivity index (χ1v) is 8.20. The molecular formula is C14H19NO5S. The monoisotopic (exact) mass is 313 g/mol.